The fourth-order valence-corrected chi connectivity index (χ4v) is 3.59. The molecule has 0 radical (unpaired) electrons. The molecule has 0 atom stereocenters. The second-order valence-corrected chi connectivity index (χ2v) is 6.43. The summed E-state index contributed by atoms with van der Waals surface area (Å²) in [5.74, 6) is 0. The van der Waals surface area contributed by atoms with Crippen LogP contribution in [0.25, 0.3) is 0 Å². The van der Waals surface area contributed by atoms with Gasteiger partial charge in [-0.3, -0.25) is 4.72 Å². The van der Waals surface area contributed by atoms with Gasteiger partial charge in [0.2, 0.25) is 0 Å². The molecule has 2 aromatic rings. The Morgan fingerprint density at radius 1 is 0.947 bits per heavy atom. The van der Waals surface area contributed by atoms with E-state index in [1.165, 1.54) is 6.07 Å². The SMILES string of the molecule is Cc1ccccc1S(=O)(=O)Nc1c(Cl)cccc1Cl. The maximum Gasteiger partial charge on any atom is 0.262 e. The van der Waals surface area contributed by atoms with E-state index >= 15 is 0 Å². The number of benzene rings is 2. The quantitative estimate of drug-likeness (QED) is 0.926. The van der Waals surface area contributed by atoms with E-state index in [9.17, 15) is 8.42 Å². The van der Waals surface area contributed by atoms with Gasteiger partial charge in [0.25, 0.3) is 10.0 Å². The number of hydrogen-bond donors (Lipinski definition) is 1. The van der Waals surface area contributed by atoms with Crippen molar-refractivity contribution in [1.82, 2.24) is 0 Å². The van der Waals surface area contributed by atoms with Gasteiger partial charge in [0.05, 0.1) is 20.6 Å². The summed E-state index contributed by atoms with van der Waals surface area (Å²) in [6.07, 6.45) is 0. The normalized spacial score (nSPS) is 11.3. The molecule has 0 saturated heterocycles. The Morgan fingerprint density at radius 2 is 1.53 bits per heavy atom. The van der Waals surface area contributed by atoms with Crippen LogP contribution in [0.15, 0.2) is 47.4 Å². The van der Waals surface area contributed by atoms with Crippen LogP contribution in [-0.2, 0) is 10.0 Å². The number of para-hydroxylation sites is 1. The topological polar surface area (TPSA) is 46.2 Å². The van der Waals surface area contributed by atoms with E-state index < -0.39 is 10.0 Å². The molecule has 0 amide bonds. The van der Waals surface area contributed by atoms with Crippen molar-refractivity contribution in [2.45, 2.75) is 11.8 Å². The number of sulfonamides is 1. The molecule has 3 nitrogen and oxygen atoms in total. The predicted molar refractivity (Wildman–Crippen MR) is 78.4 cm³/mol. The molecule has 0 aliphatic carbocycles. The van der Waals surface area contributed by atoms with Crippen molar-refractivity contribution in [1.29, 1.82) is 0 Å². The molecule has 2 aromatic carbocycles. The molecule has 0 fully saturated rings. The third kappa shape index (κ3) is 3.03. The fraction of sp³-hybridized carbons (Fsp3) is 0.0769. The number of nitrogens with one attached hydrogen (secondary N) is 1. The van der Waals surface area contributed by atoms with Crippen LogP contribution in [0.4, 0.5) is 5.69 Å². The van der Waals surface area contributed by atoms with Crippen molar-refractivity contribution < 1.29 is 8.42 Å². The highest BCUT2D eigenvalue weighted by Crippen LogP contribution is 2.32. The highest BCUT2D eigenvalue weighted by Gasteiger charge is 2.19. The Hall–Kier alpha value is -1.23. The van der Waals surface area contributed by atoms with Crippen molar-refractivity contribution in [3.05, 3.63) is 58.1 Å². The highest BCUT2D eigenvalue weighted by molar-refractivity contribution is 7.92. The molecule has 0 aliphatic heterocycles. The molecule has 100 valence electrons. The van der Waals surface area contributed by atoms with Crippen molar-refractivity contribution in [2.24, 2.45) is 0 Å². The van der Waals surface area contributed by atoms with Crippen molar-refractivity contribution in [3.8, 4) is 0 Å². The first-order valence-electron chi connectivity index (χ1n) is 5.44. The first-order chi connectivity index (χ1) is 8.92. The molecular weight excluding hydrogens is 305 g/mol. The fourth-order valence-electron chi connectivity index (χ4n) is 1.64. The van der Waals surface area contributed by atoms with Crippen LogP contribution in [0, 0.1) is 6.92 Å². The molecule has 2 rings (SSSR count). The van der Waals surface area contributed by atoms with Gasteiger partial charge in [0, 0.05) is 0 Å². The van der Waals surface area contributed by atoms with E-state index in [1.54, 1.807) is 43.3 Å². The molecule has 0 saturated carbocycles. The number of rotatable bonds is 3. The minimum atomic E-state index is -3.71. The summed E-state index contributed by atoms with van der Waals surface area (Å²) in [5.41, 5.74) is 0.840. The van der Waals surface area contributed by atoms with Gasteiger partial charge in [0.15, 0.2) is 0 Å². The van der Waals surface area contributed by atoms with E-state index in [2.05, 4.69) is 4.72 Å². The monoisotopic (exact) mass is 315 g/mol. The van der Waals surface area contributed by atoms with Gasteiger partial charge < -0.3 is 0 Å². The number of aryl methyl sites for hydroxylation is 1. The lowest BCUT2D eigenvalue weighted by atomic mass is 10.2. The van der Waals surface area contributed by atoms with Crippen molar-refractivity contribution in [3.63, 3.8) is 0 Å². The summed E-state index contributed by atoms with van der Waals surface area (Å²) in [7, 11) is -3.71. The van der Waals surface area contributed by atoms with Gasteiger partial charge in [-0.15, -0.1) is 0 Å². The van der Waals surface area contributed by atoms with Crippen LogP contribution < -0.4 is 4.72 Å². The molecule has 1 N–H and O–H groups in total. The van der Waals surface area contributed by atoms with Gasteiger partial charge in [0.1, 0.15) is 0 Å². The Kier molecular flexibility index (Phi) is 4.04. The van der Waals surface area contributed by atoms with Gasteiger partial charge in [-0.2, -0.15) is 0 Å². The van der Waals surface area contributed by atoms with Gasteiger partial charge in [-0.1, -0.05) is 47.5 Å². The zero-order valence-corrected chi connectivity index (χ0v) is 12.4. The van der Waals surface area contributed by atoms with Crippen molar-refractivity contribution in [2.75, 3.05) is 4.72 Å². The lowest BCUT2D eigenvalue weighted by Gasteiger charge is -2.12. The Bertz CT molecular complexity index is 694. The third-order valence-electron chi connectivity index (χ3n) is 2.58. The smallest absolute Gasteiger partial charge is 0.262 e. The first kappa shape index (κ1) is 14.2. The first-order valence-corrected chi connectivity index (χ1v) is 7.68. The average Bonchev–Trinajstić information content (AvgIpc) is 2.34. The molecule has 6 heteroatoms. The maximum atomic E-state index is 12.3. The average molecular weight is 316 g/mol. The maximum absolute atomic E-state index is 12.3. The molecule has 0 spiro atoms. The molecule has 0 aromatic heterocycles. The zero-order chi connectivity index (χ0) is 14.0. The van der Waals surface area contributed by atoms with E-state index in [-0.39, 0.29) is 20.6 Å². The lowest BCUT2D eigenvalue weighted by Crippen LogP contribution is -2.14. The number of hydrogen-bond acceptors (Lipinski definition) is 2. The minimum Gasteiger partial charge on any atom is -0.277 e. The molecule has 0 aliphatic rings. The number of halogens is 2. The predicted octanol–water partition coefficient (Wildman–Crippen LogP) is 4.10. The third-order valence-corrected chi connectivity index (χ3v) is 4.72. The van der Waals surface area contributed by atoms with E-state index in [1.807, 2.05) is 0 Å². The molecule has 0 heterocycles. The summed E-state index contributed by atoms with van der Waals surface area (Å²) in [6.45, 7) is 1.72. The molecule has 0 bridgehead atoms. The highest BCUT2D eigenvalue weighted by atomic mass is 35.5. The van der Waals surface area contributed by atoms with Crippen molar-refractivity contribution >= 4 is 38.9 Å². The second-order valence-electron chi connectivity index (χ2n) is 3.97. The van der Waals surface area contributed by atoms with Crippen LogP contribution in [0.5, 0.6) is 0 Å². The summed E-state index contributed by atoms with van der Waals surface area (Å²) in [4.78, 5) is 0.200. The lowest BCUT2D eigenvalue weighted by molar-refractivity contribution is 0.600. The summed E-state index contributed by atoms with van der Waals surface area (Å²) in [5, 5.41) is 0.509. The molecule has 0 unspecified atom stereocenters. The van der Waals surface area contributed by atoms with Gasteiger partial charge in [-0.05, 0) is 30.7 Å². The Labute approximate surface area is 122 Å². The van der Waals surface area contributed by atoms with Gasteiger partial charge in [-0.25, -0.2) is 8.42 Å². The van der Waals surface area contributed by atoms with E-state index in [0.717, 1.165) is 0 Å². The molecule has 19 heavy (non-hydrogen) atoms. The van der Waals surface area contributed by atoms with E-state index in [4.69, 9.17) is 23.2 Å². The standard InChI is InChI=1S/C13H11Cl2NO2S/c1-9-5-2-3-8-12(9)19(17,18)16-13-10(14)6-4-7-11(13)15/h2-8,16H,1H3. The van der Waals surface area contributed by atoms with Crippen LogP contribution in [0.2, 0.25) is 10.0 Å². The van der Waals surface area contributed by atoms with E-state index in [0.29, 0.717) is 5.56 Å². The number of anilines is 1. The molecular formula is C13H11Cl2NO2S. The minimum absolute atomic E-state index is 0.189. The van der Waals surface area contributed by atoms with Crippen LogP contribution >= 0.6 is 23.2 Å². The summed E-state index contributed by atoms with van der Waals surface area (Å²) >= 11 is 11.9. The van der Waals surface area contributed by atoms with Crippen LogP contribution in [-0.4, -0.2) is 8.42 Å². The Balaban J connectivity index is 2.46. The summed E-state index contributed by atoms with van der Waals surface area (Å²) < 4.78 is 27.0. The van der Waals surface area contributed by atoms with Crippen LogP contribution in [0.1, 0.15) is 5.56 Å². The Morgan fingerprint density at radius 3 is 2.11 bits per heavy atom. The van der Waals surface area contributed by atoms with Gasteiger partial charge >= 0.3 is 0 Å². The zero-order valence-electron chi connectivity index (χ0n) is 10.0. The summed E-state index contributed by atoms with van der Waals surface area (Å²) in [6, 6.07) is 11.5. The van der Waals surface area contributed by atoms with Crippen LogP contribution in [0.3, 0.4) is 0 Å². The second kappa shape index (κ2) is 5.41. The largest absolute Gasteiger partial charge is 0.277 e.